The Morgan fingerprint density at radius 2 is 1.80 bits per heavy atom. The van der Waals surface area contributed by atoms with Crippen molar-refractivity contribution in [3.8, 4) is 11.5 Å². The molecule has 130 valence electrons. The normalized spacial score (nSPS) is 12.2. The molecular formula is C18H17ClN2O4. The summed E-state index contributed by atoms with van der Waals surface area (Å²) in [5.41, 5.74) is 0.905. The predicted molar refractivity (Wildman–Crippen MR) is 95.5 cm³/mol. The summed E-state index contributed by atoms with van der Waals surface area (Å²) in [6.45, 7) is 0.0811. The second-order valence-corrected chi connectivity index (χ2v) is 5.93. The summed E-state index contributed by atoms with van der Waals surface area (Å²) in [6, 6.07) is 10.1. The highest BCUT2D eigenvalue weighted by Crippen LogP contribution is 2.30. The van der Waals surface area contributed by atoms with Crippen molar-refractivity contribution < 1.29 is 14.6 Å². The number of rotatable bonds is 5. The van der Waals surface area contributed by atoms with Crippen LogP contribution in [0.15, 0.2) is 47.5 Å². The second kappa shape index (κ2) is 7.13. The van der Waals surface area contributed by atoms with E-state index in [1.165, 1.54) is 25.1 Å². The van der Waals surface area contributed by atoms with Gasteiger partial charge in [-0.15, -0.1) is 0 Å². The average Bonchev–Trinajstić information content (AvgIpc) is 2.63. The predicted octanol–water partition coefficient (Wildman–Crippen LogP) is 2.80. The van der Waals surface area contributed by atoms with Crippen molar-refractivity contribution in [1.29, 1.82) is 0 Å². The minimum Gasteiger partial charge on any atom is -0.493 e. The van der Waals surface area contributed by atoms with E-state index in [1.807, 2.05) is 0 Å². The van der Waals surface area contributed by atoms with Crippen molar-refractivity contribution in [3.63, 3.8) is 0 Å². The van der Waals surface area contributed by atoms with Gasteiger partial charge in [0.1, 0.15) is 0 Å². The Balaban J connectivity index is 1.98. The topological polar surface area (TPSA) is 73.6 Å². The molecule has 1 N–H and O–H groups in total. The van der Waals surface area contributed by atoms with Gasteiger partial charge < -0.3 is 14.6 Å². The van der Waals surface area contributed by atoms with Gasteiger partial charge in [-0.1, -0.05) is 23.7 Å². The lowest BCUT2D eigenvalue weighted by Gasteiger charge is -2.14. The van der Waals surface area contributed by atoms with E-state index in [-0.39, 0.29) is 12.1 Å². The summed E-state index contributed by atoms with van der Waals surface area (Å²) in [7, 11) is 3.02. The number of benzene rings is 2. The molecule has 0 bridgehead atoms. The molecule has 1 heterocycles. The van der Waals surface area contributed by atoms with Gasteiger partial charge >= 0.3 is 0 Å². The van der Waals surface area contributed by atoms with Gasteiger partial charge in [0.25, 0.3) is 5.56 Å². The highest BCUT2D eigenvalue weighted by atomic mass is 35.5. The Labute approximate surface area is 149 Å². The lowest BCUT2D eigenvalue weighted by atomic mass is 10.1. The molecule has 3 rings (SSSR count). The fraction of sp³-hybridized carbons (Fsp3) is 0.222. The van der Waals surface area contributed by atoms with Crippen LogP contribution in [0.4, 0.5) is 0 Å². The van der Waals surface area contributed by atoms with Gasteiger partial charge in [0, 0.05) is 11.1 Å². The summed E-state index contributed by atoms with van der Waals surface area (Å²) < 4.78 is 11.8. The van der Waals surface area contributed by atoms with Crippen molar-refractivity contribution in [3.05, 3.63) is 63.7 Å². The largest absolute Gasteiger partial charge is 0.493 e. The third-order valence-corrected chi connectivity index (χ3v) is 4.21. The van der Waals surface area contributed by atoms with Crippen LogP contribution in [0.25, 0.3) is 10.9 Å². The SMILES string of the molecule is COc1cc2ncn(C[C@H](O)c3ccc(Cl)cc3)c(=O)c2cc1OC. The maximum absolute atomic E-state index is 12.7. The van der Waals surface area contributed by atoms with Crippen molar-refractivity contribution in [1.82, 2.24) is 9.55 Å². The first kappa shape index (κ1) is 17.3. The number of aliphatic hydroxyl groups is 1. The molecule has 1 aromatic heterocycles. The number of nitrogens with zero attached hydrogens (tertiary/aromatic N) is 2. The Morgan fingerprint density at radius 3 is 2.44 bits per heavy atom. The highest BCUT2D eigenvalue weighted by Gasteiger charge is 2.14. The molecule has 7 heteroatoms. The molecule has 0 saturated carbocycles. The van der Waals surface area contributed by atoms with Crippen LogP contribution in [0.1, 0.15) is 11.7 Å². The lowest BCUT2D eigenvalue weighted by Crippen LogP contribution is -2.23. The third kappa shape index (κ3) is 3.45. The van der Waals surface area contributed by atoms with Gasteiger partial charge in [-0.05, 0) is 23.8 Å². The van der Waals surface area contributed by atoms with Crippen molar-refractivity contribution in [2.24, 2.45) is 0 Å². The number of methoxy groups -OCH3 is 2. The smallest absolute Gasteiger partial charge is 0.261 e. The van der Waals surface area contributed by atoms with Gasteiger partial charge in [0.15, 0.2) is 11.5 Å². The molecule has 0 amide bonds. The van der Waals surface area contributed by atoms with E-state index >= 15 is 0 Å². The van der Waals surface area contributed by atoms with Gasteiger partial charge in [0.05, 0.1) is 44.1 Å². The third-order valence-electron chi connectivity index (χ3n) is 3.95. The van der Waals surface area contributed by atoms with E-state index in [0.717, 1.165) is 0 Å². The van der Waals surface area contributed by atoms with Gasteiger partial charge in [-0.25, -0.2) is 4.98 Å². The fourth-order valence-electron chi connectivity index (χ4n) is 2.59. The molecular weight excluding hydrogens is 344 g/mol. The van der Waals surface area contributed by atoms with Crippen LogP contribution in [0.3, 0.4) is 0 Å². The number of aromatic nitrogens is 2. The van der Waals surface area contributed by atoms with Crippen LogP contribution in [0.5, 0.6) is 11.5 Å². The van der Waals surface area contributed by atoms with Crippen LogP contribution in [-0.2, 0) is 6.54 Å². The van der Waals surface area contributed by atoms with E-state index in [0.29, 0.717) is 33.0 Å². The molecule has 0 saturated heterocycles. The van der Waals surface area contributed by atoms with Gasteiger partial charge in [-0.3, -0.25) is 9.36 Å². The number of ether oxygens (including phenoxy) is 2. The number of hydrogen-bond acceptors (Lipinski definition) is 5. The van der Waals surface area contributed by atoms with Crippen LogP contribution in [0.2, 0.25) is 5.02 Å². The van der Waals surface area contributed by atoms with Crippen LogP contribution in [0, 0.1) is 0 Å². The Morgan fingerprint density at radius 1 is 1.16 bits per heavy atom. The van der Waals surface area contributed by atoms with Crippen LogP contribution < -0.4 is 15.0 Å². The zero-order valence-corrected chi connectivity index (χ0v) is 14.5. The molecule has 0 aliphatic heterocycles. The molecule has 0 spiro atoms. The maximum atomic E-state index is 12.7. The van der Waals surface area contributed by atoms with E-state index < -0.39 is 6.10 Å². The van der Waals surface area contributed by atoms with E-state index in [4.69, 9.17) is 21.1 Å². The second-order valence-electron chi connectivity index (χ2n) is 5.49. The van der Waals surface area contributed by atoms with Crippen LogP contribution in [-0.4, -0.2) is 28.9 Å². The monoisotopic (exact) mass is 360 g/mol. The molecule has 0 radical (unpaired) electrons. The zero-order chi connectivity index (χ0) is 18.0. The van der Waals surface area contributed by atoms with Gasteiger partial charge in [-0.2, -0.15) is 0 Å². The summed E-state index contributed by atoms with van der Waals surface area (Å²) in [4.78, 5) is 17.0. The quantitative estimate of drug-likeness (QED) is 0.757. The molecule has 1 atom stereocenters. The standard InChI is InChI=1S/C18H17ClN2O4/c1-24-16-7-13-14(8-17(16)25-2)20-10-21(18(13)23)9-15(22)11-3-5-12(19)6-4-11/h3-8,10,15,22H,9H2,1-2H3/t15-/m0/s1. The van der Waals surface area contributed by atoms with Crippen molar-refractivity contribution >= 4 is 22.5 Å². The molecule has 6 nitrogen and oxygen atoms in total. The molecule has 0 fully saturated rings. The first-order valence-corrected chi connectivity index (χ1v) is 7.96. The molecule has 0 aliphatic rings. The van der Waals surface area contributed by atoms with Crippen LogP contribution >= 0.6 is 11.6 Å². The average molecular weight is 361 g/mol. The highest BCUT2D eigenvalue weighted by molar-refractivity contribution is 6.30. The Bertz CT molecular complexity index is 954. The number of aliphatic hydroxyl groups excluding tert-OH is 1. The number of halogens is 1. The van der Waals surface area contributed by atoms with E-state index in [2.05, 4.69) is 4.98 Å². The Kier molecular flexibility index (Phi) is 4.92. The summed E-state index contributed by atoms with van der Waals surface area (Å²) in [6.07, 6.45) is 0.560. The molecule has 25 heavy (non-hydrogen) atoms. The first-order valence-electron chi connectivity index (χ1n) is 7.58. The van der Waals surface area contributed by atoms with Crippen molar-refractivity contribution in [2.75, 3.05) is 14.2 Å². The molecule has 3 aromatic rings. The number of fused-ring (bicyclic) bond motifs is 1. The maximum Gasteiger partial charge on any atom is 0.261 e. The Hall–Kier alpha value is -2.57. The summed E-state index contributed by atoms with van der Waals surface area (Å²) >= 11 is 5.85. The van der Waals surface area contributed by atoms with Crippen molar-refractivity contribution in [2.45, 2.75) is 12.6 Å². The first-order chi connectivity index (χ1) is 12.0. The zero-order valence-electron chi connectivity index (χ0n) is 13.8. The number of hydrogen-bond donors (Lipinski definition) is 1. The lowest BCUT2D eigenvalue weighted by molar-refractivity contribution is 0.155. The van der Waals surface area contributed by atoms with E-state index in [1.54, 1.807) is 36.4 Å². The fourth-order valence-corrected chi connectivity index (χ4v) is 2.72. The minimum atomic E-state index is -0.852. The molecule has 0 aliphatic carbocycles. The molecule has 0 unspecified atom stereocenters. The molecule has 2 aromatic carbocycles. The van der Waals surface area contributed by atoms with E-state index in [9.17, 15) is 9.90 Å². The minimum absolute atomic E-state index is 0.0811. The summed E-state index contributed by atoms with van der Waals surface area (Å²) in [5, 5.41) is 11.3. The van der Waals surface area contributed by atoms with Gasteiger partial charge in [0.2, 0.25) is 0 Å². The summed E-state index contributed by atoms with van der Waals surface area (Å²) in [5.74, 6) is 0.950.